The molecule has 2 N–H and O–H groups in total. The molecular weight excluding hydrogens is 186 g/mol. The highest BCUT2D eigenvalue weighted by Gasteiger charge is 1.96. The zero-order chi connectivity index (χ0) is 11.1. The molecular formula is C13H15NO. The molecule has 0 fully saturated rings. The van der Waals surface area contributed by atoms with Gasteiger partial charge in [-0.25, -0.2) is 0 Å². The number of nitrogens with one attached hydrogen (secondary N) is 1. The van der Waals surface area contributed by atoms with Gasteiger partial charge in [-0.3, -0.25) is 10.7 Å². The lowest BCUT2D eigenvalue weighted by molar-refractivity contribution is 0.215. The Labute approximate surface area is 90.2 Å². The van der Waals surface area contributed by atoms with E-state index in [2.05, 4.69) is 6.58 Å². The van der Waals surface area contributed by atoms with Gasteiger partial charge in [0.15, 0.2) is 0 Å². The third-order valence-electron chi connectivity index (χ3n) is 2.02. The molecule has 0 radical (unpaired) electrons. The molecule has 1 aromatic carbocycles. The highest BCUT2D eigenvalue weighted by atomic mass is 16.5. The van der Waals surface area contributed by atoms with Crippen molar-refractivity contribution < 1.29 is 5.21 Å². The van der Waals surface area contributed by atoms with Crippen LogP contribution in [0, 0.1) is 6.92 Å². The number of aryl methyl sites for hydroxylation is 1. The molecule has 2 heteroatoms. The minimum absolute atomic E-state index is 0.900. The average Bonchev–Trinajstić information content (AvgIpc) is 2.25. The van der Waals surface area contributed by atoms with Crippen LogP contribution in [0.2, 0.25) is 0 Å². The Morgan fingerprint density at radius 2 is 2.00 bits per heavy atom. The van der Waals surface area contributed by atoms with Crippen molar-refractivity contribution >= 4 is 5.57 Å². The molecule has 0 aliphatic carbocycles. The summed E-state index contributed by atoms with van der Waals surface area (Å²) in [5.41, 5.74) is 5.20. The van der Waals surface area contributed by atoms with Gasteiger partial charge in [-0.15, -0.1) is 0 Å². The fraction of sp³-hybridized carbons (Fsp3) is 0.0769. The monoisotopic (exact) mass is 201 g/mol. The van der Waals surface area contributed by atoms with E-state index in [1.54, 1.807) is 6.08 Å². The Morgan fingerprint density at radius 3 is 2.53 bits per heavy atom. The van der Waals surface area contributed by atoms with Gasteiger partial charge in [0.2, 0.25) is 0 Å². The molecule has 1 rings (SSSR count). The van der Waals surface area contributed by atoms with E-state index in [1.165, 1.54) is 11.8 Å². The van der Waals surface area contributed by atoms with E-state index in [0.29, 0.717) is 0 Å². The van der Waals surface area contributed by atoms with Crippen LogP contribution in [0.15, 0.2) is 55.3 Å². The summed E-state index contributed by atoms with van der Waals surface area (Å²) in [6.45, 7) is 5.64. The quantitative estimate of drug-likeness (QED) is 0.579. The first-order valence-electron chi connectivity index (χ1n) is 4.74. The van der Waals surface area contributed by atoms with E-state index >= 15 is 0 Å². The molecule has 0 saturated carbocycles. The first-order valence-corrected chi connectivity index (χ1v) is 4.74. The first-order chi connectivity index (χ1) is 7.27. The summed E-state index contributed by atoms with van der Waals surface area (Å²) in [7, 11) is 0. The molecule has 0 bridgehead atoms. The maximum absolute atomic E-state index is 8.67. The molecule has 0 saturated heterocycles. The molecule has 0 amide bonds. The van der Waals surface area contributed by atoms with Crippen LogP contribution in [0.5, 0.6) is 0 Å². The smallest absolute Gasteiger partial charge is 0.0318 e. The van der Waals surface area contributed by atoms with E-state index < -0.39 is 0 Å². The highest BCUT2D eigenvalue weighted by molar-refractivity contribution is 5.73. The van der Waals surface area contributed by atoms with Crippen molar-refractivity contribution in [2.24, 2.45) is 0 Å². The minimum Gasteiger partial charge on any atom is -0.292 e. The Hall–Kier alpha value is -1.80. The second-order valence-corrected chi connectivity index (χ2v) is 3.19. The molecule has 0 unspecified atom stereocenters. The van der Waals surface area contributed by atoms with E-state index in [1.807, 2.05) is 48.8 Å². The molecule has 0 aliphatic rings. The summed E-state index contributed by atoms with van der Waals surface area (Å²) < 4.78 is 0. The van der Waals surface area contributed by atoms with Crippen LogP contribution >= 0.6 is 0 Å². The summed E-state index contributed by atoms with van der Waals surface area (Å²) in [4.78, 5) is 0. The third-order valence-corrected chi connectivity index (χ3v) is 2.02. The second-order valence-electron chi connectivity index (χ2n) is 3.19. The van der Waals surface area contributed by atoms with Gasteiger partial charge in [-0.05, 0) is 18.1 Å². The van der Waals surface area contributed by atoms with Crippen LogP contribution in [0.3, 0.4) is 0 Å². The van der Waals surface area contributed by atoms with Crippen molar-refractivity contribution in [3.05, 3.63) is 66.4 Å². The van der Waals surface area contributed by atoms with E-state index in [0.717, 1.165) is 11.1 Å². The van der Waals surface area contributed by atoms with E-state index in [4.69, 9.17) is 5.21 Å². The molecule has 15 heavy (non-hydrogen) atoms. The zero-order valence-corrected chi connectivity index (χ0v) is 8.77. The second kappa shape index (κ2) is 5.83. The van der Waals surface area contributed by atoms with Crippen LogP contribution in [0.4, 0.5) is 0 Å². The van der Waals surface area contributed by atoms with Crippen molar-refractivity contribution in [3.8, 4) is 0 Å². The molecule has 0 aromatic heterocycles. The van der Waals surface area contributed by atoms with E-state index in [-0.39, 0.29) is 0 Å². The van der Waals surface area contributed by atoms with Gasteiger partial charge in [-0.2, -0.15) is 0 Å². The fourth-order valence-electron chi connectivity index (χ4n) is 1.21. The molecule has 1 aromatic rings. The van der Waals surface area contributed by atoms with Crippen molar-refractivity contribution in [2.45, 2.75) is 6.92 Å². The number of hydroxylamine groups is 1. The number of rotatable bonds is 4. The van der Waals surface area contributed by atoms with Crippen molar-refractivity contribution in [2.75, 3.05) is 0 Å². The van der Waals surface area contributed by atoms with E-state index in [9.17, 15) is 0 Å². The summed E-state index contributed by atoms with van der Waals surface area (Å²) in [6, 6.07) is 8.07. The summed E-state index contributed by atoms with van der Waals surface area (Å²) in [5.74, 6) is 0. The lowest BCUT2D eigenvalue weighted by atomic mass is 10.0. The Bertz CT molecular complexity index is 374. The van der Waals surface area contributed by atoms with Gasteiger partial charge in [0.25, 0.3) is 0 Å². The van der Waals surface area contributed by atoms with Crippen LogP contribution < -0.4 is 5.48 Å². The van der Waals surface area contributed by atoms with Crippen molar-refractivity contribution in [1.29, 1.82) is 0 Å². The van der Waals surface area contributed by atoms with Crippen molar-refractivity contribution in [1.82, 2.24) is 5.48 Å². The number of benzene rings is 1. The average molecular weight is 201 g/mol. The standard InChI is InChI=1S/C13H15NO/c1-3-4-5-13(10-14-15)12-8-6-11(2)7-9-12/h3-10,14-15H,1H2,2H3/b5-4-,13-10+. The van der Waals surface area contributed by atoms with Crippen molar-refractivity contribution in [3.63, 3.8) is 0 Å². The predicted octanol–water partition coefficient (Wildman–Crippen LogP) is 3.06. The molecule has 0 spiro atoms. The number of allylic oxidation sites excluding steroid dienone is 4. The van der Waals surface area contributed by atoms with Gasteiger partial charge in [0, 0.05) is 6.20 Å². The molecule has 0 atom stereocenters. The lowest BCUT2D eigenvalue weighted by Gasteiger charge is -2.02. The van der Waals surface area contributed by atoms with Crippen LogP contribution in [-0.2, 0) is 0 Å². The Morgan fingerprint density at radius 1 is 1.33 bits per heavy atom. The summed E-state index contributed by atoms with van der Waals surface area (Å²) >= 11 is 0. The minimum atomic E-state index is 0.900. The third kappa shape index (κ3) is 3.44. The summed E-state index contributed by atoms with van der Waals surface area (Å²) in [6.07, 6.45) is 6.92. The highest BCUT2D eigenvalue weighted by Crippen LogP contribution is 2.15. The SMILES string of the molecule is C=C/C=C\C(=C/NO)c1ccc(C)cc1. The maximum Gasteiger partial charge on any atom is 0.0318 e. The zero-order valence-electron chi connectivity index (χ0n) is 8.77. The molecule has 0 heterocycles. The largest absolute Gasteiger partial charge is 0.292 e. The topological polar surface area (TPSA) is 32.3 Å². The predicted molar refractivity (Wildman–Crippen MR) is 63.4 cm³/mol. The summed E-state index contributed by atoms with van der Waals surface area (Å²) in [5, 5.41) is 8.67. The van der Waals surface area contributed by atoms with Gasteiger partial charge in [0.1, 0.15) is 0 Å². The molecule has 78 valence electrons. The Kier molecular flexibility index (Phi) is 4.38. The number of hydrogen-bond acceptors (Lipinski definition) is 2. The van der Waals surface area contributed by atoms with Crippen LogP contribution in [0.1, 0.15) is 11.1 Å². The van der Waals surface area contributed by atoms with Crippen LogP contribution in [0.25, 0.3) is 5.57 Å². The van der Waals surface area contributed by atoms with Gasteiger partial charge in [0.05, 0.1) is 0 Å². The molecule has 2 nitrogen and oxygen atoms in total. The van der Waals surface area contributed by atoms with Gasteiger partial charge >= 0.3 is 0 Å². The first kappa shape index (κ1) is 11.3. The number of hydrogen-bond donors (Lipinski definition) is 2. The lowest BCUT2D eigenvalue weighted by Crippen LogP contribution is -1.96. The van der Waals surface area contributed by atoms with Gasteiger partial charge < -0.3 is 0 Å². The fourth-order valence-corrected chi connectivity index (χ4v) is 1.21. The maximum atomic E-state index is 8.67. The van der Waals surface area contributed by atoms with Crippen LogP contribution in [-0.4, -0.2) is 5.21 Å². The van der Waals surface area contributed by atoms with Gasteiger partial charge in [-0.1, -0.05) is 54.6 Å². The normalized spacial score (nSPS) is 11.7. The Balaban J connectivity index is 2.99. The molecule has 0 aliphatic heterocycles.